The van der Waals surface area contributed by atoms with Crippen molar-refractivity contribution in [2.45, 2.75) is 57.6 Å². The summed E-state index contributed by atoms with van der Waals surface area (Å²) in [5.41, 5.74) is 1.04. The highest BCUT2D eigenvalue weighted by Gasteiger charge is 2.42. The van der Waals surface area contributed by atoms with Crippen molar-refractivity contribution in [2.24, 2.45) is 0 Å². The average Bonchev–Trinajstić information content (AvgIpc) is 3.11. The van der Waals surface area contributed by atoms with Crippen LogP contribution in [0.1, 0.15) is 51.4 Å². The number of carbonyl (C=O) groups excluding carboxylic acids is 1. The summed E-state index contributed by atoms with van der Waals surface area (Å²) < 4.78 is 11.4. The minimum atomic E-state index is -0.194. The molecule has 5 heteroatoms. The van der Waals surface area contributed by atoms with E-state index in [1.807, 2.05) is 29.2 Å². The first-order valence-corrected chi connectivity index (χ1v) is 9.85. The van der Waals surface area contributed by atoms with Crippen molar-refractivity contribution >= 4 is 17.5 Å². The maximum absolute atomic E-state index is 12.2. The van der Waals surface area contributed by atoms with Crippen molar-refractivity contribution in [1.82, 2.24) is 4.90 Å². The van der Waals surface area contributed by atoms with Crippen molar-refractivity contribution in [2.75, 3.05) is 13.2 Å². The average molecular weight is 390 g/mol. The zero-order chi connectivity index (χ0) is 19.5. The van der Waals surface area contributed by atoms with Crippen molar-refractivity contribution in [1.29, 1.82) is 0 Å². The topological polar surface area (TPSA) is 42.7 Å². The summed E-state index contributed by atoms with van der Waals surface area (Å²) in [6.07, 6.45) is 4.37. The minimum absolute atomic E-state index is 0.0385. The number of carbonyl (C=O) groups is 1. The smallest absolute Gasteiger partial charge is 0.219 e. The van der Waals surface area contributed by atoms with Crippen LogP contribution in [0.5, 0.6) is 0 Å². The molecule has 0 saturated carbocycles. The van der Waals surface area contributed by atoms with Gasteiger partial charge in [0.05, 0.1) is 18.4 Å². The number of hydrogen-bond donors (Lipinski definition) is 0. The minimum Gasteiger partial charge on any atom is -0.467 e. The number of nitrogens with zero attached hydrogens (tertiary/aromatic N) is 1. The summed E-state index contributed by atoms with van der Waals surface area (Å²) in [7, 11) is 0. The van der Waals surface area contributed by atoms with Crippen molar-refractivity contribution in [3.8, 4) is 0 Å². The molecule has 4 nitrogen and oxygen atoms in total. The van der Waals surface area contributed by atoms with Crippen LogP contribution in [0.2, 0.25) is 5.02 Å². The monoisotopic (exact) mass is 389 g/mol. The van der Waals surface area contributed by atoms with Crippen molar-refractivity contribution < 1.29 is 13.9 Å². The molecule has 1 aliphatic rings. The van der Waals surface area contributed by atoms with Gasteiger partial charge >= 0.3 is 0 Å². The first kappa shape index (κ1) is 20.0. The lowest BCUT2D eigenvalue weighted by atomic mass is 9.67. The van der Waals surface area contributed by atoms with Crippen LogP contribution in [0.15, 0.2) is 47.1 Å². The Labute approximate surface area is 166 Å². The number of amides is 1. The van der Waals surface area contributed by atoms with Crippen LogP contribution in [0, 0.1) is 0 Å². The molecule has 146 valence electrons. The van der Waals surface area contributed by atoms with Gasteiger partial charge in [-0.1, -0.05) is 23.7 Å². The first-order chi connectivity index (χ1) is 12.8. The maximum atomic E-state index is 12.2. The first-order valence-electron chi connectivity index (χ1n) is 9.48. The van der Waals surface area contributed by atoms with Gasteiger partial charge in [-0.05, 0) is 62.9 Å². The lowest BCUT2D eigenvalue weighted by molar-refractivity contribution is -0.130. The molecule has 2 heterocycles. The normalized spacial score (nSPS) is 21.8. The number of furan rings is 1. The zero-order valence-electron chi connectivity index (χ0n) is 16.3. The van der Waals surface area contributed by atoms with Crippen molar-refractivity contribution in [3.05, 3.63) is 59.0 Å². The number of benzene rings is 1. The second kappa shape index (κ2) is 8.07. The number of halogens is 1. The predicted octanol–water partition coefficient (Wildman–Crippen LogP) is 5.20. The molecule has 3 rings (SSSR count). The number of hydrogen-bond acceptors (Lipinski definition) is 3. The van der Waals surface area contributed by atoms with Crippen LogP contribution in [-0.4, -0.2) is 29.6 Å². The molecule has 0 spiro atoms. The highest BCUT2D eigenvalue weighted by atomic mass is 35.5. The molecule has 27 heavy (non-hydrogen) atoms. The third-order valence-corrected chi connectivity index (χ3v) is 5.78. The van der Waals surface area contributed by atoms with E-state index in [2.05, 4.69) is 26.0 Å². The summed E-state index contributed by atoms with van der Waals surface area (Å²) >= 11 is 6.11. The van der Waals surface area contributed by atoms with Gasteiger partial charge in [0.2, 0.25) is 5.91 Å². The Morgan fingerprint density at radius 3 is 2.56 bits per heavy atom. The molecule has 0 bridgehead atoms. The second-order valence-electron chi connectivity index (χ2n) is 8.09. The standard InChI is InChI=1S/C22H28ClNO3/c1-17(25)24(15-20-5-4-13-26-20)12-10-22(11-14-27-21(2,3)16-22)18-6-8-19(23)9-7-18/h4-9,13H,10-12,14-16H2,1-3H3/t22-/m0/s1. The maximum Gasteiger partial charge on any atom is 0.219 e. The molecule has 1 fully saturated rings. The van der Waals surface area contributed by atoms with Gasteiger partial charge in [-0.25, -0.2) is 0 Å². The molecular weight excluding hydrogens is 362 g/mol. The Kier molecular flexibility index (Phi) is 5.97. The third-order valence-electron chi connectivity index (χ3n) is 5.53. The number of ether oxygens (including phenoxy) is 1. The highest BCUT2D eigenvalue weighted by Crippen LogP contribution is 2.44. The quantitative estimate of drug-likeness (QED) is 0.682. The Hall–Kier alpha value is -1.78. The van der Waals surface area contributed by atoms with Crippen LogP contribution < -0.4 is 0 Å². The summed E-state index contributed by atoms with van der Waals surface area (Å²) in [5.74, 6) is 0.863. The molecule has 2 aromatic rings. The Morgan fingerprint density at radius 2 is 1.96 bits per heavy atom. The van der Waals surface area contributed by atoms with E-state index in [1.165, 1.54) is 5.56 Å². The van der Waals surface area contributed by atoms with Crippen LogP contribution in [0.4, 0.5) is 0 Å². The van der Waals surface area contributed by atoms with E-state index in [4.69, 9.17) is 20.8 Å². The summed E-state index contributed by atoms with van der Waals surface area (Å²) in [4.78, 5) is 14.1. The number of rotatable bonds is 6. The largest absolute Gasteiger partial charge is 0.467 e. The van der Waals surface area contributed by atoms with Gasteiger partial charge in [-0.15, -0.1) is 0 Å². The Bertz CT molecular complexity index is 754. The van der Waals surface area contributed by atoms with E-state index in [0.717, 1.165) is 30.0 Å². The molecule has 0 aliphatic carbocycles. The second-order valence-corrected chi connectivity index (χ2v) is 8.53. The molecule has 1 aliphatic heterocycles. The Balaban J connectivity index is 1.82. The molecule has 1 atom stereocenters. The van der Waals surface area contributed by atoms with Crippen molar-refractivity contribution in [3.63, 3.8) is 0 Å². The Morgan fingerprint density at radius 1 is 1.22 bits per heavy atom. The van der Waals surface area contributed by atoms with Crippen LogP contribution in [-0.2, 0) is 21.5 Å². The predicted molar refractivity (Wildman–Crippen MR) is 107 cm³/mol. The van der Waals surface area contributed by atoms with Gasteiger partial charge in [0.1, 0.15) is 5.76 Å². The molecule has 1 aromatic heterocycles. The third kappa shape index (κ3) is 4.94. The zero-order valence-corrected chi connectivity index (χ0v) is 17.1. The van der Waals surface area contributed by atoms with Crippen LogP contribution in [0.25, 0.3) is 0 Å². The molecule has 0 unspecified atom stereocenters. The highest BCUT2D eigenvalue weighted by molar-refractivity contribution is 6.30. The van der Waals surface area contributed by atoms with Crippen LogP contribution in [0.3, 0.4) is 0 Å². The van der Waals surface area contributed by atoms with Gasteiger partial charge in [0.25, 0.3) is 0 Å². The molecule has 0 radical (unpaired) electrons. The fourth-order valence-corrected chi connectivity index (χ4v) is 4.30. The van der Waals surface area contributed by atoms with Gasteiger partial charge in [0, 0.05) is 30.5 Å². The lowest BCUT2D eigenvalue weighted by Crippen LogP contribution is -2.46. The lowest BCUT2D eigenvalue weighted by Gasteiger charge is -2.46. The van der Waals surface area contributed by atoms with E-state index in [9.17, 15) is 4.79 Å². The van der Waals surface area contributed by atoms with E-state index in [1.54, 1.807) is 13.2 Å². The SMILES string of the molecule is CC(=O)N(CC[C@]1(c2ccc(Cl)cc2)CCOC(C)(C)C1)Cc1ccco1. The van der Waals surface area contributed by atoms with E-state index in [-0.39, 0.29) is 16.9 Å². The molecule has 1 aromatic carbocycles. The van der Waals surface area contributed by atoms with Gasteiger partial charge in [-0.3, -0.25) is 4.79 Å². The summed E-state index contributed by atoms with van der Waals surface area (Å²) in [6.45, 7) is 7.79. The summed E-state index contributed by atoms with van der Waals surface area (Å²) in [6, 6.07) is 11.9. The molecule has 1 saturated heterocycles. The fourth-order valence-electron chi connectivity index (χ4n) is 4.17. The molecule has 0 N–H and O–H groups in total. The fraction of sp³-hybridized carbons (Fsp3) is 0.500. The van der Waals surface area contributed by atoms with E-state index < -0.39 is 0 Å². The van der Waals surface area contributed by atoms with E-state index in [0.29, 0.717) is 19.7 Å². The molecular formula is C22H28ClNO3. The van der Waals surface area contributed by atoms with Gasteiger partial charge < -0.3 is 14.1 Å². The van der Waals surface area contributed by atoms with Crippen LogP contribution >= 0.6 is 11.6 Å². The summed E-state index contributed by atoms with van der Waals surface area (Å²) in [5, 5.41) is 0.739. The van der Waals surface area contributed by atoms with Gasteiger partial charge in [0.15, 0.2) is 0 Å². The van der Waals surface area contributed by atoms with Gasteiger partial charge in [-0.2, -0.15) is 0 Å². The van der Waals surface area contributed by atoms with E-state index >= 15 is 0 Å². The molecule has 1 amide bonds.